The highest BCUT2D eigenvalue weighted by atomic mass is 32.3. The lowest BCUT2D eigenvalue weighted by Crippen LogP contribution is -2.50. The topological polar surface area (TPSA) is 101 Å². The minimum Gasteiger partial charge on any atom is -0.409 e. The number of quaternary nitrogens is 1. The molecule has 0 amide bonds. The van der Waals surface area contributed by atoms with Crippen LogP contribution in [0.2, 0.25) is 0 Å². The van der Waals surface area contributed by atoms with E-state index in [-0.39, 0.29) is 12.2 Å². The molecule has 0 aromatic rings. The van der Waals surface area contributed by atoms with E-state index in [0.29, 0.717) is 10.1 Å². The van der Waals surface area contributed by atoms with E-state index in [1.54, 1.807) is 6.92 Å². The SMILES string of the molecule is C=C(C)C(=O)OC(CC)[N+](C)(C)CC.O=S(=O)(O)O. The van der Waals surface area contributed by atoms with E-state index in [2.05, 4.69) is 27.6 Å². The fourth-order valence-electron chi connectivity index (χ4n) is 1.15. The molecule has 0 aliphatic carbocycles. The van der Waals surface area contributed by atoms with Crippen LogP contribution in [0.1, 0.15) is 27.2 Å². The summed E-state index contributed by atoms with van der Waals surface area (Å²) in [7, 11) is -0.556. The maximum absolute atomic E-state index is 11.3. The molecule has 8 heteroatoms. The molecular weight excluding hydrogens is 274 g/mol. The van der Waals surface area contributed by atoms with Gasteiger partial charge in [0.15, 0.2) is 0 Å². The molecule has 0 saturated heterocycles. The van der Waals surface area contributed by atoms with Gasteiger partial charge in [-0.2, -0.15) is 8.42 Å². The van der Waals surface area contributed by atoms with Gasteiger partial charge in [-0.05, 0) is 13.8 Å². The fourth-order valence-corrected chi connectivity index (χ4v) is 1.15. The van der Waals surface area contributed by atoms with Crippen molar-refractivity contribution >= 4 is 16.4 Å². The molecule has 0 saturated carbocycles. The third-order valence-electron chi connectivity index (χ3n) is 2.54. The number of carbonyl (C=O) groups excluding carboxylic acids is 1. The Bertz CT molecular complexity index is 393. The second-order valence-electron chi connectivity index (χ2n) is 4.59. The number of hydrogen-bond acceptors (Lipinski definition) is 4. The molecule has 0 aromatic carbocycles. The molecule has 0 heterocycles. The molecule has 0 aliphatic rings. The molecule has 0 bridgehead atoms. The van der Waals surface area contributed by atoms with E-state index in [1.165, 1.54) is 0 Å². The molecule has 0 fully saturated rings. The van der Waals surface area contributed by atoms with Gasteiger partial charge in [0.05, 0.1) is 20.6 Å². The molecular formula is C11H24NO6S+. The first-order valence-electron chi connectivity index (χ1n) is 5.74. The van der Waals surface area contributed by atoms with E-state index >= 15 is 0 Å². The first-order valence-corrected chi connectivity index (χ1v) is 7.13. The highest BCUT2D eigenvalue weighted by Gasteiger charge is 2.28. The largest absolute Gasteiger partial charge is 0.409 e. The maximum Gasteiger partial charge on any atom is 0.394 e. The van der Waals surface area contributed by atoms with Crippen LogP contribution in [0.3, 0.4) is 0 Å². The van der Waals surface area contributed by atoms with Gasteiger partial charge in [0, 0.05) is 12.0 Å². The number of ether oxygens (including phenoxy) is 1. The van der Waals surface area contributed by atoms with E-state index < -0.39 is 10.4 Å². The number of esters is 1. The Morgan fingerprint density at radius 2 is 1.68 bits per heavy atom. The predicted octanol–water partition coefficient (Wildman–Crippen LogP) is 1.29. The first kappa shape index (κ1) is 20.4. The maximum atomic E-state index is 11.3. The van der Waals surface area contributed by atoms with E-state index in [4.69, 9.17) is 22.3 Å². The normalized spacial score (nSPS) is 13.0. The third-order valence-corrected chi connectivity index (χ3v) is 2.54. The Labute approximate surface area is 115 Å². The summed E-state index contributed by atoms with van der Waals surface area (Å²) in [5.74, 6) is -0.295. The number of carbonyl (C=O) groups is 1. The lowest BCUT2D eigenvalue weighted by Gasteiger charge is -2.35. The van der Waals surface area contributed by atoms with Gasteiger partial charge in [-0.25, -0.2) is 4.79 Å². The average Bonchev–Trinajstić information content (AvgIpc) is 2.22. The van der Waals surface area contributed by atoms with Gasteiger partial charge in [0.1, 0.15) is 0 Å². The van der Waals surface area contributed by atoms with Gasteiger partial charge in [-0.15, -0.1) is 0 Å². The minimum atomic E-state index is -4.67. The van der Waals surface area contributed by atoms with Gasteiger partial charge in [0.2, 0.25) is 6.23 Å². The zero-order valence-electron chi connectivity index (χ0n) is 12.1. The lowest BCUT2D eigenvalue weighted by atomic mass is 10.3. The number of hydrogen-bond donors (Lipinski definition) is 2. The van der Waals surface area contributed by atoms with Crippen molar-refractivity contribution in [2.24, 2.45) is 0 Å². The molecule has 2 N–H and O–H groups in total. The monoisotopic (exact) mass is 298 g/mol. The molecule has 7 nitrogen and oxygen atoms in total. The average molecular weight is 298 g/mol. The molecule has 114 valence electrons. The van der Waals surface area contributed by atoms with Gasteiger partial charge >= 0.3 is 16.4 Å². The van der Waals surface area contributed by atoms with Crippen molar-refractivity contribution in [1.29, 1.82) is 0 Å². The third kappa shape index (κ3) is 11.8. The Hall–Kier alpha value is -0.960. The van der Waals surface area contributed by atoms with Gasteiger partial charge in [-0.1, -0.05) is 13.5 Å². The Balaban J connectivity index is 0. The number of nitrogens with zero attached hydrogens (tertiary/aromatic N) is 1. The van der Waals surface area contributed by atoms with E-state index in [0.717, 1.165) is 13.0 Å². The second-order valence-corrected chi connectivity index (χ2v) is 5.49. The molecule has 19 heavy (non-hydrogen) atoms. The van der Waals surface area contributed by atoms with Crippen molar-refractivity contribution in [3.8, 4) is 0 Å². The standard InChI is InChI=1S/C11H22NO2.H2O4S/c1-7-10(12(5,6)8-2)14-11(13)9(3)4;1-5(2,3)4/h10H,3,7-8H2,1-2,4-6H3;(H2,1,2,3,4)/q+1;. The Morgan fingerprint density at radius 3 is 1.89 bits per heavy atom. The van der Waals surface area contributed by atoms with Crippen molar-refractivity contribution in [2.45, 2.75) is 33.4 Å². The summed E-state index contributed by atoms with van der Waals surface area (Å²) < 4.78 is 37.6. The summed E-state index contributed by atoms with van der Waals surface area (Å²) in [6.45, 7) is 10.3. The second kappa shape index (κ2) is 8.26. The van der Waals surface area contributed by atoms with Crippen LogP contribution in [0.4, 0.5) is 0 Å². The highest BCUT2D eigenvalue weighted by Crippen LogP contribution is 2.13. The summed E-state index contributed by atoms with van der Waals surface area (Å²) in [6.07, 6.45) is 0.740. The molecule has 0 aromatic heterocycles. The summed E-state index contributed by atoms with van der Waals surface area (Å²) in [5, 5.41) is 0. The highest BCUT2D eigenvalue weighted by molar-refractivity contribution is 7.79. The van der Waals surface area contributed by atoms with E-state index in [9.17, 15) is 4.79 Å². The minimum absolute atomic E-state index is 0.0794. The van der Waals surface area contributed by atoms with Crippen LogP contribution < -0.4 is 0 Å². The summed E-state index contributed by atoms with van der Waals surface area (Å²) in [6, 6.07) is 0. The zero-order valence-corrected chi connectivity index (χ0v) is 12.9. The van der Waals surface area contributed by atoms with Crippen LogP contribution in [-0.2, 0) is 19.9 Å². The zero-order chi connectivity index (χ0) is 15.9. The van der Waals surface area contributed by atoms with Crippen LogP contribution in [0.15, 0.2) is 12.2 Å². The molecule has 0 aliphatic heterocycles. The van der Waals surface area contributed by atoms with Crippen molar-refractivity contribution < 1.29 is 31.5 Å². The summed E-state index contributed by atoms with van der Waals surface area (Å²) in [5.41, 5.74) is 0.458. The van der Waals surface area contributed by atoms with Crippen LogP contribution in [0.25, 0.3) is 0 Å². The Kier molecular flexibility index (Phi) is 8.85. The first-order chi connectivity index (χ1) is 8.35. The summed E-state index contributed by atoms with van der Waals surface area (Å²) in [4.78, 5) is 11.3. The van der Waals surface area contributed by atoms with Gasteiger partial charge in [-0.3, -0.25) is 13.6 Å². The predicted molar refractivity (Wildman–Crippen MR) is 71.8 cm³/mol. The molecule has 0 radical (unpaired) electrons. The van der Waals surface area contributed by atoms with Gasteiger partial charge < -0.3 is 4.74 Å². The molecule has 0 spiro atoms. The molecule has 1 unspecified atom stereocenters. The van der Waals surface area contributed by atoms with Crippen LogP contribution in [0, 0.1) is 0 Å². The van der Waals surface area contributed by atoms with Gasteiger partial charge in [0.25, 0.3) is 0 Å². The van der Waals surface area contributed by atoms with Crippen molar-refractivity contribution in [1.82, 2.24) is 0 Å². The molecule has 0 rings (SSSR count). The smallest absolute Gasteiger partial charge is 0.394 e. The number of rotatable bonds is 5. The fraction of sp³-hybridized carbons (Fsp3) is 0.727. The quantitative estimate of drug-likeness (QED) is 0.261. The van der Waals surface area contributed by atoms with Crippen molar-refractivity contribution in [3.63, 3.8) is 0 Å². The van der Waals surface area contributed by atoms with Crippen molar-refractivity contribution in [3.05, 3.63) is 12.2 Å². The van der Waals surface area contributed by atoms with Crippen LogP contribution in [-0.4, -0.2) is 54.8 Å². The molecule has 1 atom stereocenters. The lowest BCUT2D eigenvalue weighted by molar-refractivity contribution is -0.933. The van der Waals surface area contributed by atoms with Crippen LogP contribution in [0.5, 0.6) is 0 Å². The summed E-state index contributed by atoms with van der Waals surface area (Å²) >= 11 is 0. The van der Waals surface area contributed by atoms with E-state index in [1.807, 2.05) is 6.92 Å². The van der Waals surface area contributed by atoms with Crippen LogP contribution >= 0.6 is 0 Å². The Morgan fingerprint density at radius 1 is 1.32 bits per heavy atom. The van der Waals surface area contributed by atoms with Crippen molar-refractivity contribution in [2.75, 3.05) is 20.6 Å².